The Morgan fingerprint density at radius 1 is 1.09 bits per heavy atom. The molecule has 34 heavy (non-hydrogen) atoms. The van der Waals surface area contributed by atoms with Gasteiger partial charge in [-0.3, -0.25) is 0 Å². The van der Waals surface area contributed by atoms with Gasteiger partial charge in [-0.05, 0) is 85.0 Å². The van der Waals surface area contributed by atoms with Gasteiger partial charge in [-0.2, -0.15) is 0 Å². The van der Waals surface area contributed by atoms with E-state index in [0.29, 0.717) is 5.75 Å². The molecule has 1 aliphatic rings. The minimum Gasteiger partial charge on any atom is -0.508 e. The van der Waals surface area contributed by atoms with Crippen molar-refractivity contribution in [2.45, 2.75) is 25.2 Å². The third-order valence-corrected chi connectivity index (χ3v) is 7.57. The molecule has 0 spiro atoms. The number of rotatable bonds is 6. The molecule has 1 saturated carbocycles. The smallest absolute Gasteiger partial charge is 0.330 e. The maximum Gasteiger partial charge on any atom is 0.330 e. The van der Waals surface area contributed by atoms with E-state index in [1.165, 1.54) is 19.3 Å². The van der Waals surface area contributed by atoms with Gasteiger partial charge in [0.2, 0.25) is 0 Å². The van der Waals surface area contributed by atoms with Crippen molar-refractivity contribution in [1.29, 1.82) is 0 Å². The summed E-state index contributed by atoms with van der Waals surface area (Å²) in [5.41, 5.74) is 2.65. The molecule has 1 N–H and O–H groups in total. The molecular weight excluding hydrogens is 451 g/mol. The van der Waals surface area contributed by atoms with Crippen LogP contribution in [0.3, 0.4) is 0 Å². The Labute approximate surface area is 200 Å². The van der Waals surface area contributed by atoms with Gasteiger partial charge in [-0.1, -0.05) is 18.2 Å². The predicted octanol–water partition coefficient (Wildman–Crippen LogP) is 7.11. The average Bonchev–Trinajstić information content (AvgIpc) is 3.54. The number of benzene rings is 3. The van der Waals surface area contributed by atoms with Crippen LogP contribution in [0.25, 0.3) is 16.2 Å². The number of aromatic hydroxyl groups is 1. The Morgan fingerprint density at radius 3 is 2.53 bits per heavy atom. The minimum atomic E-state index is -0.413. The lowest BCUT2D eigenvalue weighted by molar-refractivity contribution is -0.134. The Balaban J connectivity index is 1.56. The highest BCUT2D eigenvalue weighted by atomic mass is 32.1. The summed E-state index contributed by atoms with van der Waals surface area (Å²) in [5.74, 6) is 0.978. The molecule has 1 aromatic heterocycles. The summed E-state index contributed by atoms with van der Waals surface area (Å²) in [6.45, 7) is 1.94. The number of carbonyl (C=O) groups is 1. The molecule has 0 saturated heterocycles. The van der Waals surface area contributed by atoms with E-state index < -0.39 is 5.97 Å². The van der Waals surface area contributed by atoms with E-state index in [4.69, 9.17) is 4.74 Å². The van der Waals surface area contributed by atoms with Crippen molar-refractivity contribution >= 4 is 33.5 Å². The van der Waals surface area contributed by atoms with Crippen LogP contribution in [0.15, 0.2) is 66.7 Å². The third-order valence-electron chi connectivity index (χ3n) is 6.23. The Bertz CT molecular complexity index is 1410. The van der Waals surface area contributed by atoms with Gasteiger partial charge in [0.1, 0.15) is 23.1 Å². The molecule has 0 amide bonds. The molecule has 0 atom stereocenters. The molecule has 0 unspecified atom stereocenters. The number of hydrogen-bond acceptors (Lipinski definition) is 5. The van der Waals surface area contributed by atoms with Gasteiger partial charge in [-0.25, -0.2) is 9.18 Å². The topological polar surface area (TPSA) is 55.8 Å². The second kappa shape index (κ2) is 8.61. The van der Waals surface area contributed by atoms with E-state index in [0.717, 1.165) is 50.2 Å². The fourth-order valence-corrected chi connectivity index (χ4v) is 5.81. The first kappa shape index (κ1) is 22.2. The largest absolute Gasteiger partial charge is 0.508 e. The number of fused-ring (bicyclic) bond motifs is 1. The van der Waals surface area contributed by atoms with E-state index in [1.54, 1.807) is 35.6 Å². The van der Waals surface area contributed by atoms with E-state index in [2.05, 4.69) is 4.74 Å². The molecule has 4 nitrogen and oxygen atoms in total. The van der Waals surface area contributed by atoms with Crippen LogP contribution < -0.4 is 4.74 Å². The Kier molecular flexibility index (Phi) is 5.62. The second-order valence-corrected chi connectivity index (χ2v) is 9.56. The highest BCUT2D eigenvalue weighted by Gasteiger charge is 2.50. The number of phenols is 1. The molecule has 6 heteroatoms. The van der Waals surface area contributed by atoms with Crippen molar-refractivity contribution in [3.63, 3.8) is 0 Å². The van der Waals surface area contributed by atoms with E-state index in [1.807, 2.05) is 43.3 Å². The summed E-state index contributed by atoms with van der Waals surface area (Å²) in [7, 11) is 1.34. The van der Waals surface area contributed by atoms with Crippen molar-refractivity contribution in [2.75, 3.05) is 7.11 Å². The van der Waals surface area contributed by atoms with Gasteiger partial charge in [0.15, 0.2) is 0 Å². The SMILES string of the molecule is COC(=O)/C=C/c1ccc(Oc2c(C3(c4ccc(F)cc4C)CC3)sc3cc(O)ccc23)cc1. The molecule has 0 bridgehead atoms. The number of phenolic OH excluding ortho intramolecular Hbond substituents is 1. The molecule has 4 aromatic rings. The Hall–Kier alpha value is -3.64. The first-order chi connectivity index (χ1) is 16.4. The van der Waals surface area contributed by atoms with E-state index in [-0.39, 0.29) is 17.0 Å². The highest BCUT2D eigenvalue weighted by molar-refractivity contribution is 7.19. The number of esters is 1. The summed E-state index contributed by atoms with van der Waals surface area (Å²) in [6, 6.07) is 17.7. The summed E-state index contributed by atoms with van der Waals surface area (Å²) < 4.78 is 25.8. The normalized spacial score (nSPS) is 14.4. The molecule has 5 rings (SSSR count). The second-order valence-electron chi connectivity index (χ2n) is 8.51. The maximum absolute atomic E-state index is 13.8. The summed E-state index contributed by atoms with van der Waals surface area (Å²) in [5, 5.41) is 11.0. The quantitative estimate of drug-likeness (QED) is 0.239. The zero-order valence-corrected chi connectivity index (χ0v) is 19.6. The lowest BCUT2D eigenvalue weighted by atomic mass is 9.89. The molecular formula is C28H23FO4S. The molecule has 1 aliphatic carbocycles. The molecule has 1 heterocycles. The molecule has 1 fully saturated rings. The lowest BCUT2D eigenvalue weighted by Crippen LogP contribution is -2.10. The number of ether oxygens (including phenoxy) is 2. The van der Waals surface area contributed by atoms with Crippen LogP contribution >= 0.6 is 11.3 Å². The third kappa shape index (κ3) is 4.05. The number of carbonyl (C=O) groups excluding carboxylic acids is 1. The van der Waals surface area contributed by atoms with Gasteiger partial charge in [-0.15, -0.1) is 11.3 Å². The zero-order chi connectivity index (χ0) is 23.9. The number of thiophene rings is 1. The molecule has 0 aliphatic heterocycles. The number of methoxy groups -OCH3 is 1. The standard InChI is InChI=1S/C28H23FO4S/c1-17-15-19(29)6-11-23(17)28(13-14-28)27-26(22-10-7-20(30)16-24(22)34-27)33-21-8-3-18(4-9-21)5-12-25(31)32-2/h3-12,15-16,30H,13-14H2,1-2H3/b12-5+. The van der Waals surface area contributed by atoms with E-state index >= 15 is 0 Å². The maximum atomic E-state index is 13.8. The van der Waals surface area contributed by atoms with Gasteiger partial charge >= 0.3 is 5.97 Å². The van der Waals surface area contributed by atoms with Crippen LogP contribution in [0.4, 0.5) is 4.39 Å². The lowest BCUT2D eigenvalue weighted by Gasteiger charge is -2.19. The molecule has 0 radical (unpaired) electrons. The van der Waals surface area contributed by atoms with Crippen LogP contribution in [0, 0.1) is 12.7 Å². The van der Waals surface area contributed by atoms with Crippen molar-refractivity contribution < 1.29 is 23.8 Å². The van der Waals surface area contributed by atoms with Crippen molar-refractivity contribution in [1.82, 2.24) is 0 Å². The van der Waals surface area contributed by atoms with E-state index in [9.17, 15) is 14.3 Å². The summed E-state index contributed by atoms with van der Waals surface area (Å²) >= 11 is 1.61. The number of aryl methyl sites for hydroxylation is 1. The van der Waals surface area contributed by atoms with Crippen molar-refractivity contribution in [2.24, 2.45) is 0 Å². The monoisotopic (exact) mass is 474 g/mol. The van der Waals surface area contributed by atoms with Crippen molar-refractivity contribution in [3.05, 3.63) is 94.1 Å². The summed E-state index contributed by atoms with van der Waals surface area (Å²) in [6.07, 6.45) is 4.95. The van der Waals surface area contributed by atoms with Crippen LogP contribution in [-0.2, 0) is 14.9 Å². The first-order valence-electron chi connectivity index (χ1n) is 11.0. The van der Waals surface area contributed by atoms with Crippen LogP contribution in [0.1, 0.15) is 34.4 Å². The van der Waals surface area contributed by atoms with Crippen LogP contribution in [-0.4, -0.2) is 18.2 Å². The fourth-order valence-electron chi connectivity index (χ4n) is 4.38. The van der Waals surface area contributed by atoms with Gasteiger partial charge in [0.25, 0.3) is 0 Å². The van der Waals surface area contributed by atoms with Crippen molar-refractivity contribution in [3.8, 4) is 17.2 Å². The minimum absolute atomic E-state index is 0.205. The van der Waals surface area contributed by atoms with Gasteiger partial charge in [0.05, 0.1) is 12.0 Å². The summed E-state index contributed by atoms with van der Waals surface area (Å²) in [4.78, 5) is 12.4. The zero-order valence-electron chi connectivity index (χ0n) is 18.8. The number of hydrogen-bond donors (Lipinski definition) is 1. The Morgan fingerprint density at radius 2 is 1.85 bits per heavy atom. The number of halogens is 1. The van der Waals surface area contributed by atoms with Gasteiger partial charge in [0, 0.05) is 21.6 Å². The average molecular weight is 475 g/mol. The van der Waals surface area contributed by atoms with Gasteiger partial charge < -0.3 is 14.6 Å². The van der Waals surface area contributed by atoms with Crippen LogP contribution in [0.2, 0.25) is 0 Å². The van der Waals surface area contributed by atoms with Crippen LogP contribution in [0.5, 0.6) is 17.2 Å². The fraction of sp³-hybridized carbons (Fsp3) is 0.179. The molecule has 3 aromatic carbocycles. The highest BCUT2D eigenvalue weighted by Crippen LogP contribution is 2.61. The first-order valence-corrected chi connectivity index (χ1v) is 11.8. The predicted molar refractivity (Wildman–Crippen MR) is 132 cm³/mol. The molecule has 172 valence electrons.